The minimum absolute atomic E-state index is 0.0109. The molecule has 7 atom stereocenters. The summed E-state index contributed by atoms with van der Waals surface area (Å²) in [5.41, 5.74) is 0.0891. The van der Waals surface area contributed by atoms with E-state index in [1.807, 2.05) is 27.7 Å². The molecule has 0 aliphatic heterocycles. The van der Waals surface area contributed by atoms with Crippen molar-refractivity contribution in [3.05, 3.63) is 0 Å². The molecule has 6 nitrogen and oxygen atoms in total. The summed E-state index contributed by atoms with van der Waals surface area (Å²) in [6.07, 6.45) is 4.40. The summed E-state index contributed by atoms with van der Waals surface area (Å²) in [6.45, 7) is 10.8. The molecule has 2 N–H and O–H groups in total. The fourth-order valence-electron chi connectivity index (χ4n) is 4.72. The van der Waals surface area contributed by atoms with Gasteiger partial charge in [0.1, 0.15) is 6.04 Å². The molecule has 7 unspecified atom stereocenters. The molecule has 2 rings (SSSR count). The van der Waals surface area contributed by atoms with Crippen molar-refractivity contribution in [2.24, 2.45) is 23.2 Å². The quantitative estimate of drug-likeness (QED) is 0.521. The van der Waals surface area contributed by atoms with Gasteiger partial charge in [0.2, 0.25) is 0 Å². The number of aliphatic hydroxyl groups is 1. The molecule has 2 saturated carbocycles. The van der Waals surface area contributed by atoms with Gasteiger partial charge in [-0.15, -0.1) is 0 Å². The third-order valence-corrected chi connectivity index (χ3v) is 7.00. The Labute approximate surface area is 169 Å². The van der Waals surface area contributed by atoms with Crippen molar-refractivity contribution in [3.63, 3.8) is 0 Å². The van der Waals surface area contributed by atoms with E-state index in [4.69, 9.17) is 9.47 Å². The number of fused-ring (bicyclic) bond motifs is 2. The average Bonchev–Trinajstić information content (AvgIpc) is 3.21. The van der Waals surface area contributed by atoms with Crippen LogP contribution in [-0.2, 0) is 19.1 Å². The van der Waals surface area contributed by atoms with E-state index in [9.17, 15) is 14.7 Å². The molecule has 0 saturated heterocycles. The molecule has 6 heteroatoms. The number of ether oxygens (including phenoxy) is 2. The Morgan fingerprint density at radius 1 is 1.14 bits per heavy atom. The summed E-state index contributed by atoms with van der Waals surface area (Å²) in [7, 11) is 0. The molecule has 0 amide bonds. The van der Waals surface area contributed by atoms with Gasteiger partial charge in [-0.3, -0.25) is 9.59 Å². The van der Waals surface area contributed by atoms with Crippen LogP contribution >= 0.6 is 0 Å². The molecule has 2 aliphatic carbocycles. The number of hydrogen-bond donors (Lipinski definition) is 2. The van der Waals surface area contributed by atoms with Gasteiger partial charge in [0.25, 0.3) is 0 Å². The van der Waals surface area contributed by atoms with Crippen LogP contribution in [0.3, 0.4) is 0 Å². The number of nitrogens with one attached hydrogen (secondary N) is 1. The first-order valence-electron chi connectivity index (χ1n) is 11.0. The Balaban J connectivity index is 1.97. The van der Waals surface area contributed by atoms with Gasteiger partial charge in [0, 0.05) is 13.2 Å². The van der Waals surface area contributed by atoms with Crippen LogP contribution in [0.4, 0.5) is 0 Å². The summed E-state index contributed by atoms with van der Waals surface area (Å²) in [4.78, 5) is 24.9. The Kier molecular flexibility index (Phi) is 8.31. The van der Waals surface area contributed by atoms with Crippen LogP contribution in [0.1, 0.15) is 73.1 Å². The molecule has 162 valence electrons. The molecule has 2 fully saturated rings. The van der Waals surface area contributed by atoms with Crippen molar-refractivity contribution < 1.29 is 24.2 Å². The maximum absolute atomic E-state index is 12.6. The van der Waals surface area contributed by atoms with Crippen LogP contribution in [0.25, 0.3) is 0 Å². The third kappa shape index (κ3) is 5.69. The van der Waals surface area contributed by atoms with Gasteiger partial charge in [-0.25, -0.2) is 0 Å². The lowest BCUT2D eigenvalue weighted by atomic mass is 9.71. The zero-order valence-electron chi connectivity index (χ0n) is 18.2. The highest BCUT2D eigenvalue weighted by molar-refractivity contribution is 5.82. The first kappa shape index (κ1) is 23.1. The topological polar surface area (TPSA) is 84.9 Å². The highest BCUT2D eigenvalue weighted by Crippen LogP contribution is 2.57. The van der Waals surface area contributed by atoms with E-state index in [1.54, 1.807) is 0 Å². The van der Waals surface area contributed by atoms with Gasteiger partial charge in [-0.2, -0.15) is 0 Å². The molecule has 0 spiro atoms. The Bertz CT molecular complexity index is 539. The van der Waals surface area contributed by atoms with Gasteiger partial charge in [-0.1, -0.05) is 20.8 Å². The van der Waals surface area contributed by atoms with Gasteiger partial charge >= 0.3 is 11.9 Å². The van der Waals surface area contributed by atoms with E-state index in [0.29, 0.717) is 24.3 Å². The zero-order chi connectivity index (χ0) is 20.9. The minimum Gasteiger partial charge on any atom is -0.463 e. The minimum atomic E-state index is -0.685. The van der Waals surface area contributed by atoms with Crippen molar-refractivity contribution in [1.82, 2.24) is 5.32 Å². The van der Waals surface area contributed by atoms with Crippen LogP contribution < -0.4 is 5.32 Å². The van der Waals surface area contributed by atoms with E-state index < -0.39 is 6.04 Å². The fraction of sp³-hybridized carbons (Fsp3) is 0.909. The maximum Gasteiger partial charge on any atom is 0.324 e. The maximum atomic E-state index is 12.6. The second-order valence-corrected chi connectivity index (χ2v) is 9.23. The van der Waals surface area contributed by atoms with Crippen molar-refractivity contribution in [1.29, 1.82) is 0 Å². The number of aliphatic hydroxyl groups excluding tert-OH is 1. The second kappa shape index (κ2) is 10.1. The Hall–Kier alpha value is -1.14. The van der Waals surface area contributed by atoms with Gasteiger partial charge in [-0.05, 0) is 69.1 Å². The van der Waals surface area contributed by atoms with Crippen molar-refractivity contribution in [2.75, 3.05) is 13.2 Å². The predicted molar refractivity (Wildman–Crippen MR) is 108 cm³/mol. The summed E-state index contributed by atoms with van der Waals surface area (Å²) >= 11 is 0. The number of hydrogen-bond acceptors (Lipinski definition) is 6. The third-order valence-electron chi connectivity index (χ3n) is 7.00. The van der Waals surface area contributed by atoms with Crippen molar-refractivity contribution >= 4 is 11.9 Å². The monoisotopic (exact) mass is 397 g/mol. The van der Waals surface area contributed by atoms with Gasteiger partial charge < -0.3 is 19.9 Å². The van der Waals surface area contributed by atoms with Crippen LogP contribution in [0.5, 0.6) is 0 Å². The molecule has 0 aromatic rings. The smallest absolute Gasteiger partial charge is 0.324 e. The van der Waals surface area contributed by atoms with Crippen LogP contribution in [0.15, 0.2) is 0 Å². The number of rotatable bonds is 11. The summed E-state index contributed by atoms with van der Waals surface area (Å²) in [5.74, 6) is 0.805. The standard InChI is InChI=1S/C22H39NO5/c1-6-14(3)27-20(25)10-19(21(26)28-15(4)7-2)23-13-22(5)11-16-8-18(22)9-17(16)12-24/h14-19,23-24H,6-13H2,1-5H3. The van der Waals surface area contributed by atoms with Crippen LogP contribution in [0, 0.1) is 23.2 Å². The molecule has 0 aromatic heterocycles. The van der Waals surface area contributed by atoms with E-state index in [2.05, 4.69) is 12.2 Å². The normalized spacial score (nSPS) is 32.0. The van der Waals surface area contributed by atoms with E-state index >= 15 is 0 Å². The summed E-state index contributed by atoms with van der Waals surface area (Å²) in [6, 6.07) is -0.685. The molecular weight excluding hydrogens is 358 g/mol. The fourth-order valence-corrected chi connectivity index (χ4v) is 4.72. The highest BCUT2D eigenvalue weighted by atomic mass is 16.6. The predicted octanol–water partition coefficient (Wildman–Crippen LogP) is 3.06. The molecule has 28 heavy (non-hydrogen) atoms. The largest absolute Gasteiger partial charge is 0.463 e. The van der Waals surface area contributed by atoms with E-state index in [1.165, 1.54) is 0 Å². The first-order chi connectivity index (χ1) is 13.2. The Morgan fingerprint density at radius 2 is 1.79 bits per heavy atom. The van der Waals surface area contributed by atoms with E-state index in [-0.39, 0.29) is 42.6 Å². The SMILES string of the molecule is CCC(C)OC(=O)CC(NCC1(C)CC2CC1CC2CO)C(=O)OC(C)CC. The Morgan fingerprint density at radius 3 is 2.32 bits per heavy atom. The molecule has 0 heterocycles. The second-order valence-electron chi connectivity index (χ2n) is 9.23. The van der Waals surface area contributed by atoms with Gasteiger partial charge in [0.05, 0.1) is 18.6 Å². The van der Waals surface area contributed by atoms with E-state index in [0.717, 1.165) is 32.1 Å². The molecule has 2 aliphatic rings. The lowest BCUT2D eigenvalue weighted by Gasteiger charge is -2.38. The lowest BCUT2D eigenvalue weighted by Crippen LogP contribution is -2.47. The number of carbonyl (C=O) groups is 2. The summed E-state index contributed by atoms with van der Waals surface area (Å²) in [5, 5.41) is 12.9. The average molecular weight is 398 g/mol. The lowest BCUT2D eigenvalue weighted by molar-refractivity contribution is -0.158. The molecule has 2 bridgehead atoms. The van der Waals surface area contributed by atoms with Crippen LogP contribution in [-0.4, -0.2) is 48.4 Å². The van der Waals surface area contributed by atoms with Crippen molar-refractivity contribution in [3.8, 4) is 0 Å². The highest BCUT2D eigenvalue weighted by Gasteiger charge is 2.52. The molecule has 0 radical (unpaired) electrons. The van der Waals surface area contributed by atoms with Gasteiger partial charge in [0.15, 0.2) is 0 Å². The number of carbonyl (C=O) groups excluding carboxylic acids is 2. The van der Waals surface area contributed by atoms with Crippen molar-refractivity contribution in [2.45, 2.75) is 91.4 Å². The molecular formula is C22H39NO5. The molecule has 0 aromatic carbocycles. The summed E-state index contributed by atoms with van der Waals surface area (Å²) < 4.78 is 10.9. The zero-order valence-corrected chi connectivity index (χ0v) is 18.2. The first-order valence-corrected chi connectivity index (χ1v) is 11.0. The number of esters is 2. The van der Waals surface area contributed by atoms with Crippen LogP contribution in [0.2, 0.25) is 0 Å².